The van der Waals surface area contributed by atoms with Gasteiger partial charge in [0.15, 0.2) is 11.6 Å². The number of methoxy groups -OCH3 is 1. The molecule has 0 bridgehead atoms. The van der Waals surface area contributed by atoms with Gasteiger partial charge in [0.1, 0.15) is 0 Å². The molecule has 5 heteroatoms. The fourth-order valence-electron chi connectivity index (χ4n) is 2.69. The average Bonchev–Trinajstić information content (AvgIpc) is 2.72. The zero-order valence-corrected chi connectivity index (χ0v) is 13.2. The van der Waals surface area contributed by atoms with Gasteiger partial charge in [-0.25, -0.2) is 9.37 Å². The van der Waals surface area contributed by atoms with Gasteiger partial charge in [-0.05, 0) is 19.3 Å². The van der Waals surface area contributed by atoms with Crippen molar-refractivity contribution in [3.8, 4) is 5.75 Å². The van der Waals surface area contributed by atoms with E-state index in [0.29, 0.717) is 17.4 Å². The van der Waals surface area contributed by atoms with Crippen LogP contribution in [0.15, 0.2) is 12.1 Å². The zero-order valence-electron chi connectivity index (χ0n) is 13.2. The first-order valence-electron chi connectivity index (χ1n) is 7.45. The Bertz CT molecular complexity index is 621. The van der Waals surface area contributed by atoms with Gasteiger partial charge in [-0.1, -0.05) is 26.7 Å². The first-order valence-corrected chi connectivity index (χ1v) is 7.45. The Hall–Kier alpha value is -1.78. The van der Waals surface area contributed by atoms with Gasteiger partial charge >= 0.3 is 0 Å². The summed E-state index contributed by atoms with van der Waals surface area (Å²) in [5.74, 6) is 0.929. The van der Waals surface area contributed by atoms with Crippen LogP contribution in [0.4, 0.5) is 10.3 Å². The molecule has 116 valence electrons. The summed E-state index contributed by atoms with van der Waals surface area (Å²) in [5, 5.41) is 0. The Kier molecular flexibility index (Phi) is 4.70. The minimum absolute atomic E-state index is 0.220. The van der Waals surface area contributed by atoms with Crippen molar-refractivity contribution in [2.75, 3.05) is 12.8 Å². The van der Waals surface area contributed by atoms with E-state index in [4.69, 9.17) is 10.5 Å². The van der Waals surface area contributed by atoms with Crippen LogP contribution in [0.1, 0.15) is 46.1 Å². The maximum Gasteiger partial charge on any atom is 0.201 e. The van der Waals surface area contributed by atoms with Gasteiger partial charge in [-0.2, -0.15) is 0 Å². The smallest absolute Gasteiger partial charge is 0.201 e. The van der Waals surface area contributed by atoms with Crippen LogP contribution in [0.2, 0.25) is 0 Å². The van der Waals surface area contributed by atoms with Crippen molar-refractivity contribution in [1.82, 2.24) is 9.55 Å². The van der Waals surface area contributed by atoms with E-state index < -0.39 is 5.82 Å². The number of rotatable bonds is 6. The first kappa shape index (κ1) is 15.6. The number of ether oxygens (including phenoxy) is 1. The summed E-state index contributed by atoms with van der Waals surface area (Å²) in [6.07, 6.45) is 3.35. The number of hydrogen-bond acceptors (Lipinski definition) is 3. The predicted octanol–water partition coefficient (Wildman–Crippen LogP) is 4.15. The van der Waals surface area contributed by atoms with Crippen LogP contribution in [0, 0.1) is 11.7 Å². The van der Waals surface area contributed by atoms with E-state index in [0.717, 1.165) is 18.4 Å². The number of nitrogens with zero attached hydrogens (tertiary/aromatic N) is 2. The largest absolute Gasteiger partial charge is 0.494 e. The third-order valence-electron chi connectivity index (χ3n) is 3.83. The standard InChI is InChI=1S/C16H24FN3O/c1-10(2)6-5-7-11(3)20-14-9-15(21-4)12(17)8-13(14)19-16(20)18/h8-11H,5-7H2,1-4H3,(H2,18,19). The molecule has 0 aliphatic carbocycles. The van der Waals surface area contributed by atoms with E-state index in [1.807, 2.05) is 4.57 Å². The molecule has 1 unspecified atom stereocenters. The zero-order chi connectivity index (χ0) is 15.6. The van der Waals surface area contributed by atoms with Crippen molar-refractivity contribution in [3.63, 3.8) is 0 Å². The summed E-state index contributed by atoms with van der Waals surface area (Å²) in [6, 6.07) is 3.28. The molecule has 4 nitrogen and oxygen atoms in total. The molecular formula is C16H24FN3O. The van der Waals surface area contributed by atoms with Crippen molar-refractivity contribution >= 4 is 17.0 Å². The number of nitrogen functional groups attached to an aromatic ring is 1. The second-order valence-electron chi connectivity index (χ2n) is 5.99. The highest BCUT2D eigenvalue weighted by Crippen LogP contribution is 2.30. The van der Waals surface area contributed by atoms with E-state index in [1.54, 1.807) is 6.07 Å². The maximum absolute atomic E-state index is 13.7. The summed E-state index contributed by atoms with van der Waals surface area (Å²) >= 11 is 0. The Morgan fingerprint density at radius 1 is 1.29 bits per heavy atom. The van der Waals surface area contributed by atoms with E-state index >= 15 is 0 Å². The van der Waals surface area contributed by atoms with E-state index in [2.05, 4.69) is 25.8 Å². The van der Waals surface area contributed by atoms with Crippen molar-refractivity contribution in [1.29, 1.82) is 0 Å². The lowest BCUT2D eigenvalue weighted by molar-refractivity contribution is 0.387. The third-order valence-corrected chi connectivity index (χ3v) is 3.83. The molecule has 2 N–H and O–H groups in total. The Balaban J connectivity index is 2.31. The van der Waals surface area contributed by atoms with Crippen LogP contribution < -0.4 is 10.5 Å². The third kappa shape index (κ3) is 3.28. The number of halogens is 1. The second-order valence-corrected chi connectivity index (χ2v) is 5.99. The molecule has 1 heterocycles. The Morgan fingerprint density at radius 3 is 2.62 bits per heavy atom. The molecule has 2 aromatic rings. The lowest BCUT2D eigenvalue weighted by Gasteiger charge is -2.17. The van der Waals surface area contributed by atoms with Gasteiger partial charge < -0.3 is 15.0 Å². The molecule has 0 fully saturated rings. The molecule has 0 aliphatic rings. The molecule has 21 heavy (non-hydrogen) atoms. The highest BCUT2D eigenvalue weighted by molar-refractivity contribution is 5.80. The summed E-state index contributed by atoms with van der Waals surface area (Å²) in [6.45, 7) is 6.56. The number of imidazole rings is 1. The fraction of sp³-hybridized carbons (Fsp3) is 0.562. The Labute approximate surface area is 125 Å². The summed E-state index contributed by atoms with van der Waals surface area (Å²) in [5.41, 5.74) is 7.41. The molecule has 1 aromatic heterocycles. The monoisotopic (exact) mass is 293 g/mol. The van der Waals surface area contributed by atoms with Crippen LogP contribution in [-0.2, 0) is 0 Å². The quantitative estimate of drug-likeness (QED) is 0.870. The minimum Gasteiger partial charge on any atom is -0.494 e. The summed E-state index contributed by atoms with van der Waals surface area (Å²) < 4.78 is 20.8. The van der Waals surface area contributed by atoms with Gasteiger partial charge in [0, 0.05) is 18.2 Å². The van der Waals surface area contributed by atoms with Crippen LogP contribution >= 0.6 is 0 Å². The molecule has 1 aromatic carbocycles. The SMILES string of the molecule is COc1cc2c(cc1F)nc(N)n2C(C)CCCC(C)C. The van der Waals surface area contributed by atoms with Crippen LogP contribution in [0.3, 0.4) is 0 Å². The number of hydrogen-bond donors (Lipinski definition) is 1. The number of anilines is 1. The summed E-state index contributed by atoms with van der Waals surface area (Å²) in [4.78, 5) is 4.26. The number of nitrogens with two attached hydrogens (primary N) is 1. The molecule has 0 aliphatic heterocycles. The van der Waals surface area contributed by atoms with Crippen LogP contribution in [-0.4, -0.2) is 16.7 Å². The van der Waals surface area contributed by atoms with E-state index in [1.165, 1.54) is 19.6 Å². The number of fused-ring (bicyclic) bond motifs is 1. The lowest BCUT2D eigenvalue weighted by atomic mass is 10.0. The second kappa shape index (κ2) is 6.33. The molecule has 0 saturated carbocycles. The minimum atomic E-state index is -0.415. The predicted molar refractivity (Wildman–Crippen MR) is 84.1 cm³/mol. The van der Waals surface area contributed by atoms with Gasteiger partial charge in [-0.3, -0.25) is 0 Å². The first-order chi connectivity index (χ1) is 9.93. The molecule has 0 saturated heterocycles. The number of benzene rings is 1. The van der Waals surface area contributed by atoms with Crippen molar-refractivity contribution in [3.05, 3.63) is 17.9 Å². The molecular weight excluding hydrogens is 269 g/mol. The van der Waals surface area contributed by atoms with Crippen molar-refractivity contribution in [2.45, 2.75) is 46.1 Å². The van der Waals surface area contributed by atoms with Crippen LogP contribution in [0.25, 0.3) is 11.0 Å². The molecule has 2 rings (SSSR count). The Morgan fingerprint density at radius 2 is 2.00 bits per heavy atom. The average molecular weight is 293 g/mol. The number of aromatic nitrogens is 2. The summed E-state index contributed by atoms with van der Waals surface area (Å²) in [7, 11) is 1.46. The molecule has 0 spiro atoms. The lowest BCUT2D eigenvalue weighted by Crippen LogP contribution is -2.09. The molecule has 1 atom stereocenters. The van der Waals surface area contributed by atoms with E-state index in [9.17, 15) is 4.39 Å². The van der Waals surface area contributed by atoms with Crippen molar-refractivity contribution < 1.29 is 9.13 Å². The van der Waals surface area contributed by atoms with E-state index in [-0.39, 0.29) is 11.8 Å². The normalized spacial score (nSPS) is 13.0. The van der Waals surface area contributed by atoms with Gasteiger partial charge in [0.25, 0.3) is 0 Å². The van der Waals surface area contributed by atoms with Crippen molar-refractivity contribution in [2.24, 2.45) is 5.92 Å². The van der Waals surface area contributed by atoms with Crippen LogP contribution in [0.5, 0.6) is 5.75 Å². The fourth-order valence-corrected chi connectivity index (χ4v) is 2.69. The van der Waals surface area contributed by atoms with Gasteiger partial charge in [-0.15, -0.1) is 0 Å². The molecule has 0 amide bonds. The highest BCUT2D eigenvalue weighted by Gasteiger charge is 2.17. The van der Waals surface area contributed by atoms with Gasteiger partial charge in [0.2, 0.25) is 5.95 Å². The molecule has 0 radical (unpaired) electrons. The highest BCUT2D eigenvalue weighted by atomic mass is 19.1. The topological polar surface area (TPSA) is 53.1 Å². The maximum atomic E-state index is 13.7. The van der Waals surface area contributed by atoms with Gasteiger partial charge in [0.05, 0.1) is 18.1 Å².